The highest BCUT2D eigenvalue weighted by molar-refractivity contribution is 9.10. The van der Waals surface area contributed by atoms with Crippen molar-refractivity contribution < 1.29 is 35.9 Å². The van der Waals surface area contributed by atoms with Gasteiger partial charge < -0.3 is 0 Å². The minimum absolute atomic E-state index is 0.00809. The Morgan fingerprint density at radius 3 is 2.14 bits per heavy atom. The Labute approximate surface area is 225 Å². The molecule has 2 rings (SSSR count). The molecule has 0 aliphatic heterocycles. The van der Waals surface area contributed by atoms with Gasteiger partial charge in [0.15, 0.2) is 0 Å². The van der Waals surface area contributed by atoms with Crippen LogP contribution in [-0.4, -0.2) is 36.2 Å². The average molecular weight is 641 g/mol. The number of nitrogens with one attached hydrogen (secondary N) is 1. The lowest BCUT2D eigenvalue weighted by atomic mass is 9.97. The number of benzene rings is 2. The fraction of sp³-hybridized carbons (Fsp3) is 0.273. The van der Waals surface area contributed by atoms with E-state index in [0.29, 0.717) is 5.01 Å². The highest BCUT2D eigenvalue weighted by atomic mass is 79.9. The number of nitrogens with zero attached hydrogens (tertiary/aromatic N) is 1. The molecule has 0 saturated carbocycles. The van der Waals surface area contributed by atoms with Gasteiger partial charge in [-0.1, -0.05) is 53.0 Å². The maximum Gasteiger partial charge on any atom is 0.399 e. The summed E-state index contributed by atoms with van der Waals surface area (Å²) in [5.41, 5.74) is 2.19. The third-order valence-corrected chi connectivity index (χ3v) is 6.56. The zero-order valence-electron chi connectivity index (χ0n) is 18.1. The number of carbonyl (C=O) groups excluding carboxylic acids is 2. The lowest BCUT2D eigenvalue weighted by molar-refractivity contribution is -0.149. The van der Waals surface area contributed by atoms with Gasteiger partial charge in [-0.2, -0.15) is 26.3 Å². The maximum atomic E-state index is 13.7. The summed E-state index contributed by atoms with van der Waals surface area (Å²) in [6.07, 6.45) is -9.35. The van der Waals surface area contributed by atoms with Crippen molar-refractivity contribution in [3.05, 3.63) is 72.6 Å². The topological polar surface area (TPSA) is 49.4 Å². The average Bonchev–Trinajstić information content (AvgIpc) is 2.74. The molecule has 0 aliphatic rings. The first-order valence-corrected chi connectivity index (χ1v) is 11.8. The standard InChI is InChI=1S/C22H16BrCl3F6N2O2/c1-34(18(35)6-7-21(27,28)29)33-20(36)13-4-2-11(8-15(13)23)3-5-14(22(30,31)32)12-9-16(24)19(26)17(25)10-12/h2-5,8-10,14H,6-7H2,1H3,(H,33,36). The highest BCUT2D eigenvalue weighted by Crippen LogP contribution is 2.41. The van der Waals surface area contributed by atoms with Crippen molar-refractivity contribution in [3.8, 4) is 0 Å². The van der Waals surface area contributed by atoms with Gasteiger partial charge in [0.1, 0.15) is 0 Å². The number of rotatable bonds is 6. The number of allylic oxidation sites excluding steroid dienone is 1. The van der Waals surface area contributed by atoms with Crippen molar-refractivity contribution in [2.24, 2.45) is 0 Å². The fourth-order valence-corrected chi connectivity index (χ4v) is 4.07. The van der Waals surface area contributed by atoms with Crippen LogP contribution in [-0.2, 0) is 4.79 Å². The van der Waals surface area contributed by atoms with Crippen LogP contribution in [0, 0.1) is 0 Å². The van der Waals surface area contributed by atoms with Gasteiger partial charge in [0, 0.05) is 17.9 Å². The minimum Gasteiger partial charge on any atom is -0.273 e. The quantitative estimate of drug-likeness (QED) is 0.197. The summed E-state index contributed by atoms with van der Waals surface area (Å²) in [5, 5.41) is 0.283. The molecule has 14 heteroatoms. The smallest absolute Gasteiger partial charge is 0.273 e. The van der Waals surface area contributed by atoms with E-state index in [0.717, 1.165) is 25.3 Å². The van der Waals surface area contributed by atoms with Gasteiger partial charge in [0.2, 0.25) is 5.91 Å². The van der Waals surface area contributed by atoms with E-state index in [1.807, 2.05) is 0 Å². The fourth-order valence-electron chi connectivity index (χ4n) is 2.88. The molecule has 2 aromatic carbocycles. The van der Waals surface area contributed by atoms with Gasteiger partial charge in [-0.3, -0.25) is 20.0 Å². The van der Waals surface area contributed by atoms with Crippen LogP contribution in [0.4, 0.5) is 26.3 Å². The lowest BCUT2D eigenvalue weighted by Gasteiger charge is -2.19. The molecule has 0 aromatic heterocycles. The van der Waals surface area contributed by atoms with Crippen molar-refractivity contribution >= 4 is 68.6 Å². The van der Waals surface area contributed by atoms with Crippen LogP contribution in [0.2, 0.25) is 15.1 Å². The number of amides is 2. The van der Waals surface area contributed by atoms with Crippen molar-refractivity contribution in [1.82, 2.24) is 10.4 Å². The van der Waals surface area contributed by atoms with Crippen molar-refractivity contribution in [2.75, 3.05) is 7.05 Å². The van der Waals surface area contributed by atoms with Gasteiger partial charge in [0.25, 0.3) is 5.91 Å². The SMILES string of the molecule is CN(NC(=O)c1ccc(C=CC(c2cc(Cl)c(Cl)c(Cl)c2)C(F)(F)F)cc1Br)C(=O)CCC(F)(F)F. The van der Waals surface area contributed by atoms with Crippen LogP contribution in [0.25, 0.3) is 6.08 Å². The molecule has 0 radical (unpaired) electrons. The summed E-state index contributed by atoms with van der Waals surface area (Å²) in [7, 11) is 1.09. The molecule has 0 aliphatic carbocycles. The summed E-state index contributed by atoms with van der Waals surface area (Å²) in [4.78, 5) is 24.2. The first-order valence-electron chi connectivity index (χ1n) is 9.83. The Morgan fingerprint density at radius 2 is 1.64 bits per heavy atom. The van der Waals surface area contributed by atoms with Gasteiger partial charge >= 0.3 is 12.4 Å². The molecule has 2 aromatic rings. The van der Waals surface area contributed by atoms with Gasteiger partial charge in [0.05, 0.1) is 33.0 Å². The Morgan fingerprint density at radius 1 is 1.06 bits per heavy atom. The normalized spacial score (nSPS) is 13.1. The van der Waals surface area contributed by atoms with Crippen LogP contribution in [0.5, 0.6) is 0 Å². The second-order valence-corrected chi connectivity index (χ2v) is 9.47. The minimum atomic E-state index is -4.68. The predicted octanol–water partition coefficient (Wildman–Crippen LogP) is 8.21. The van der Waals surface area contributed by atoms with E-state index in [1.54, 1.807) is 0 Å². The Balaban J connectivity index is 2.19. The predicted molar refractivity (Wildman–Crippen MR) is 129 cm³/mol. The zero-order valence-corrected chi connectivity index (χ0v) is 21.9. The number of hydrazine groups is 1. The Kier molecular flexibility index (Phi) is 10.1. The lowest BCUT2D eigenvalue weighted by Crippen LogP contribution is -2.43. The van der Waals surface area contributed by atoms with Gasteiger partial charge in [-0.05, 0) is 51.3 Å². The zero-order chi connectivity index (χ0) is 27.4. The summed E-state index contributed by atoms with van der Waals surface area (Å²) in [6, 6.07) is 6.09. The van der Waals surface area contributed by atoms with Gasteiger partial charge in [-0.15, -0.1) is 0 Å². The van der Waals surface area contributed by atoms with Crippen LogP contribution >= 0.6 is 50.7 Å². The third kappa shape index (κ3) is 8.57. The molecule has 0 saturated heterocycles. The molecule has 1 unspecified atom stereocenters. The Bertz CT molecular complexity index is 1150. The molecule has 0 spiro atoms. The molecule has 1 N–H and O–H groups in total. The van der Waals surface area contributed by atoms with E-state index in [4.69, 9.17) is 34.8 Å². The summed E-state index contributed by atoms with van der Waals surface area (Å²) < 4.78 is 78.1. The molecule has 0 fully saturated rings. The molecule has 36 heavy (non-hydrogen) atoms. The molecule has 2 amide bonds. The first-order chi connectivity index (χ1) is 16.5. The molecule has 4 nitrogen and oxygen atoms in total. The molecular weight excluding hydrogens is 625 g/mol. The molecule has 0 bridgehead atoms. The maximum absolute atomic E-state index is 13.7. The largest absolute Gasteiger partial charge is 0.399 e. The van der Waals surface area contributed by atoms with Crippen LogP contribution in [0.3, 0.4) is 0 Å². The second kappa shape index (κ2) is 12.1. The summed E-state index contributed by atoms with van der Waals surface area (Å²) >= 11 is 20.7. The van der Waals surface area contributed by atoms with E-state index in [-0.39, 0.29) is 36.2 Å². The number of hydrogen-bond donors (Lipinski definition) is 1. The van der Waals surface area contributed by atoms with Crippen molar-refractivity contribution in [3.63, 3.8) is 0 Å². The van der Waals surface area contributed by atoms with Crippen LogP contribution in [0.1, 0.15) is 40.2 Å². The molecular formula is C22H16BrCl3F6N2O2. The molecule has 1 atom stereocenters. The van der Waals surface area contributed by atoms with E-state index >= 15 is 0 Å². The third-order valence-electron chi connectivity index (χ3n) is 4.70. The van der Waals surface area contributed by atoms with Crippen LogP contribution < -0.4 is 5.43 Å². The van der Waals surface area contributed by atoms with Crippen molar-refractivity contribution in [2.45, 2.75) is 31.1 Å². The number of hydrogen-bond acceptors (Lipinski definition) is 2. The highest BCUT2D eigenvalue weighted by Gasteiger charge is 2.39. The van der Waals surface area contributed by atoms with E-state index < -0.39 is 42.9 Å². The second-order valence-electron chi connectivity index (χ2n) is 7.43. The first kappa shape index (κ1) is 30.3. The van der Waals surface area contributed by atoms with E-state index in [1.165, 1.54) is 24.3 Å². The monoisotopic (exact) mass is 638 g/mol. The van der Waals surface area contributed by atoms with Crippen LogP contribution in [0.15, 0.2) is 40.9 Å². The molecule has 196 valence electrons. The number of halogens is 10. The van der Waals surface area contributed by atoms with Gasteiger partial charge in [-0.25, -0.2) is 0 Å². The van der Waals surface area contributed by atoms with E-state index in [2.05, 4.69) is 21.4 Å². The summed E-state index contributed by atoms with van der Waals surface area (Å²) in [5.74, 6) is -3.85. The van der Waals surface area contributed by atoms with Crippen molar-refractivity contribution in [1.29, 1.82) is 0 Å². The number of carbonyl (C=O) groups is 2. The Hall–Kier alpha value is -1.95. The van der Waals surface area contributed by atoms with E-state index in [9.17, 15) is 35.9 Å². The molecule has 0 heterocycles. The number of alkyl halides is 6. The summed E-state index contributed by atoms with van der Waals surface area (Å²) in [6.45, 7) is 0.